The summed E-state index contributed by atoms with van der Waals surface area (Å²) in [5, 5.41) is 6.62. The fraction of sp³-hybridized carbons (Fsp3) is 0.162. The normalized spacial score (nSPS) is 17.3. The van der Waals surface area contributed by atoms with Gasteiger partial charge in [0.25, 0.3) is 0 Å². The van der Waals surface area contributed by atoms with Crippen molar-refractivity contribution in [3.63, 3.8) is 0 Å². The van der Waals surface area contributed by atoms with E-state index in [1.807, 2.05) is 0 Å². The number of allylic oxidation sites excluding steroid dienone is 7. The lowest BCUT2D eigenvalue weighted by Gasteiger charge is -2.35. The van der Waals surface area contributed by atoms with Crippen molar-refractivity contribution in [1.82, 2.24) is 9.55 Å². The van der Waals surface area contributed by atoms with Crippen molar-refractivity contribution < 1.29 is 0 Å². The smallest absolute Gasteiger partial charge is 0.145 e. The summed E-state index contributed by atoms with van der Waals surface area (Å²) >= 11 is 0. The van der Waals surface area contributed by atoms with Crippen molar-refractivity contribution in [2.75, 3.05) is 5.32 Å². The van der Waals surface area contributed by atoms with E-state index in [4.69, 9.17) is 4.98 Å². The molecule has 1 N–H and O–H groups in total. The molecule has 3 aliphatic carbocycles. The lowest BCUT2D eigenvalue weighted by Crippen LogP contribution is -2.30. The highest BCUT2D eigenvalue weighted by molar-refractivity contribution is 6.11. The van der Waals surface area contributed by atoms with Gasteiger partial charge in [-0.3, -0.25) is 4.57 Å². The van der Waals surface area contributed by atoms with Gasteiger partial charge in [0.15, 0.2) is 0 Å². The van der Waals surface area contributed by atoms with Crippen LogP contribution in [0.4, 0.5) is 5.69 Å². The van der Waals surface area contributed by atoms with E-state index in [9.17, 15) is 0 Å². The summed E-state index contributed by atoms with van der Waals surface area (Å²) in [6, 6.07) is 65.6. The first-order valence-electron chi connectivity index (χ1n) is 25.9. The molecule has 2 heterocycles. The molecule has 4 aliphatic rings. The van der Waals surface area contributed by atoms with Gasteiger partial charge in [-0.1, -0.05) is 188 Å². The molecule has 0 amide bonds. The van der Waals surface area contributed by atoms with Crippen molar-refractivity contribution in [1.29, 1.82) is 0 Å². The van der Waals surface area contributed by atoms with E-state index in [0.29, 0.717) is 12.0 Å². The SMILES string of the molecule is C1=CC(c2ccc3nc(-c4ccccc4)n(C4=Cc5c(c(-c6ccccc6)c6cc(CCC7CC(C8=CCCC=C8)Nc8ccc(-c9ccccc9)cc87)ccc6c5-c5ccccc5)CC4)c3c2)=CCC1. The minimum absolute atomic E-state index is 0.309. The average molecular weight is 916 g/mol. The van der Waals surface area contributed by atoms with Gasteiger partial charge in [-0.2, -0.15) is 0 Å². The third-order valence-corrected chi connectivity index (χ3v) is 15.5. The number of hydrogen-bond acceptors (Lipinski definition) is 2. The number of imidazole rings is 1. The van der Waals surface area contributed by atoms with Crippen LogP contribution in [0.15, 0.2) is 218 Å². The van der Waals surface area contributed by atoms with Gasteiger partial charge in [-0.25, -0.2) is 4.98 Å². The predicted octanol–water partition coefficient (Wildman–Crippen LogP) is 17.7. The molecule has 13 rings (SSSR count). The Morgan fingerprint density at radius 1 is 0.549 bits per heavy atom. The highest BCUT2D eigenvalue weighted by Crippen LogP contribution is 2.48. The van der Waals surface area contributed by atoms with Crippen LogP contribution in [0.3, 0.4) is 0 Å². The van der Waals surface area contributed by atoms with Crippen LogP contribution in [0, 0.1) is 0 Å². The second kappa shape index (κ2) is 18.7. The standard InChI is InChI=1S/C68H57N3/c1-7-19-47(20-8-1)53-34-39-62-59(42-53)55(43-64(69-62)49-23-11-3-12-24-49)33-31-46-32-37-57-60(41-46)66(50-25-13-4-14-26-50)58-38-36-56(45-61(58)67(57)51-27-15-5-16-28-51)71-65-44-54(48-21-9-2-10-22-48)35-40-63(65)70-68(71)52-29-17-6-18-30-52/h1,4-9,11,13-30,32,34-35,37,39-42,44-45,55,64,69H,2-3,10,12,31,33,36,38,43H2. The molecule has 0 saturated heterocycles. The van der Waals surface area contributed by atoms with Gasteiger partial charge in [0.05, 0.1) is 17.1 Å². The number of nitrogens with zero attached hydrogens (tertiary/aromatic N) is 2. The van der Waals surface area contributed by atoms with Gasteiger partial charge in [0.1, 0.15) is 5.82 Å². The van der Waals surface area contributed by atoms with E-state index in [2.05, 4.69) is 228 Å². The number of nitrogens with one attached hydrogen (secondary N) is 1. The quantitative estimate of drug-likeness (QED) is 0.148. The topological polar surface area (TPSA) is 29.9 Å². The first kappa shape index (κ1) is 43.0. The zero-order valence-electron chi connectivity index (χ0n) is 40.2. The van der Waals surface area contributed by atoms with Crippen LogP contribution in [-0.4, -0.2) is 15.6 Å². The van der Waals surface area contributed by atoms with Crippen LogP contribution in [0.5, 0.6) is 0 Å². The lowest BCUT2D eigenvalue weighted by molar-refractivity contribution is 0.534. The molecule has 3 nitrogen and oxygen atoms in total. The van der Waals surface area contributed by atoms with E-state index in [-0.39, 0.29) is 0 Å². The van der Waals surface area contributed by atoms with Crippen molar-refractivity contribution in [2.45, 2.75) is 69.7 Å². The van der Waals surface area contributed by atoms with Gasteiger partial charge < -0.3 is 5.32 Å². The van der Waals surface area contributed by atoms with Crippen LogP contribution in [-0.2, 0) is 12.8 Å². The molecule has 2 atom stereocenters. The average Bonchev–Trinajstić information content (AvgIpc) is 3.84. The molecule has 71 heavy (non-hydrogen) atoms. The third kappa shape index (κ3) is 8.20. The number of anilines is 1. The molecule has 344 valence electrons. The van der Waals surface area contributed by atoms with E-state index < -0.39 is 0 Å². The Balaban J connectivity index is 0.955. The number of aryl methyl sites for hydroxylation is 1. The Kier molecular flexibility index (Phi) is 11.3. The first-order chi connectivity index (χ1) is 35.2. The maximum atomic E-state index is 5.39. The zero-order chi connectivity index (χ0) is 47.1. The number of fused-ring (bicyclic) bond motifs is 4. The number of aromatic nitrogens is 2. The summed E-state index contributed by atoms with van der Waals surface area (Å²) < 4.78 is 2.47. The Hall–Kier alpha value is -8.01. The Bertz CT molecular complexity index is 3630. The summed E-state index contributed by atoms with van der Waals surface area (Å²) in [7, 11) is 0. The van der Waals surface area contributed by atoms with E-state index in [0.717, 1.165) is 80.2 Å². The van der Waals surface area contributed by atoms with Gasteiger partial charge >= 0.3 is 0 Å². The molecule has 0 bridgehead atoms. The summed E-state index contributed by atoms with van der Waals surface area (Å²) in [6.45, 7) is 0. The second-order valence-electron chi connectivity index (χ2n) is 19.9. The second-order valence-corrected chi connectivity index (χ2v) is 19.9. The minimum atomic E-state index is 0.309. The maximum absolute atomic E-state index is 5.39. The number of rotatable bonds is 10. The summed E-state index contributed by atoms with van der Waals surface area (Å²) in [6.07, 6.45) is 26.0. The largest absolute Gasteiger partial charge is 0.378 e. The van der Waals surface area contributed by atoms with E-state index in [1.165, 1.54) is 94.5 Å². The van der Waals surface area contributed by atoms with Crippen LogP contribution >= 0.6 is 0 Å². The highest BCUT2D eigenvalue weighted by atomic mass is 15.1. The van der Waals surface area contributed by atoms with E-state index >= 15 is 0 Å². The summed E-state index contributed by atoms with van der Waals surface area (Å²) in [5.41, 5.74) is 23.1. The third-order valence-electron chi connectivity index (χ3n) is 15.5. The lowest BCUT2D eigenvalue weighted by atomic mass is 9.78. The van der Waals surface area contributed by atoms with Crippen molar-refractivity contribution >= 4 is 44.8 Å². The molecule has 0 fully saturated rings. The van der Waals surface area contributed by atoms with Crippen LogP contribution < -0.4 is 5.32 Å². The van der Waals surface area contributed by atoms with Gasteiger partial charge in [0, 0.05) is 16.9 Å². The molecule has 9 aromatic rings. The molecular formula is C68H57N3. The van der Waals surface area contributed by atoms with Crippen LogP contribution in [0.1, 0.15) is 78.7 Å². The maximum Gasteiger partial charge on any atom is 0.145 e. The monoisotopic (exact) mass is 915 g/mol. The highest BCUT2D eigenvalue weighted by Gasteiger charge is 2.30. The summed E-state index contributed by atoms with van der Waals surface area (Å²) in [4.78, 5) is 5.39. The molecular weight excluding hydrogens is 859 g/mol. The molecule has 0 radical (unpaired) electrons. The Morgan fingerprint density at radius 2 is 1.24 bits per heavy atom. The van der Waals surface area contributed by atoms with Gasteiger partial charge in [-0.05, 0) is 177 Å². The molecule has 2 unspecified atom stereocenters. The van der Waals surface area contributed by atoms with Crippen molar-refractivity contribution in [2.24, 2.45) is 0 Å². The zero-order valence-corrected chi connectivity index (χ0v) is 40.2. The van der Waals surface area contributed by atoms with Crippen LogP contribution in [0.25, 0.3) is 83.9 Å². The molecule has 1 aliphatic heterocycles. The van der Waals surface area contributed by atoms with E-state index in [1.54, 1.807) is 0 Å². The number of benzene rings is 8. The molecule has 0 saturated carbocycles. The van der Waals surface area contributed by atoms with Crippen molar-refractivity contribution in [3.05, 3.63) is 246 Å². The number of hydrogen-bond donors (Lipinski definition) is 1. The molecule has 8 aromatic carbocycles. The molecule has 1 aromatic heterocycles. The van der Waals surface area contributed by atoms with Gasteiger partial charge in [-0.15, -0.1) is 0 Å². The first-order valence-corrected chi connectivity index (χ1v) is 25.9. The van der Waals surface area contributed by atoms with Gasteiger partial charge in [0.2, 0.25) is 0 Å². The Morgan fingerprint density at radius 3 is 1.96 bits per heavy atom. The predicted molar refractivity (Wildman–Crippen MR) is 300 cm³/mol. The fourth-order valence-corrected chi connectivity index (χ4v) is 12.1. The fourth-order valence-electron chi connectivity index (χ4n) is 12.1. The Labute approximate surface area is 418 Å². The van der Waals surface area contributed by atoms with Crippen molar-refractivity contribution in [3.8, 4) is 44.8 Å². The van der Waals surface area contributed by atoms with Crippen LogP contribution in [0.2, 0.25) is 0 Å². The summed E-state index contributed by atoms with van der Waals surface area (Å²) in [5.74, 6) is 1.40. The molecule has 0 spiro atoms. The molecule has 3 heteroatoms. The minimum Gasteiger partial charge on any atom is -0.378 e.